The molecule has 0 amide bonds. The number of benzene rings is 1. The van der Waals surface area contributed by atoms with Gasteiger partial charge in [0, 0.05) is 30.0 Å². The van der Waals surface area contributed by atoms with Crippen LogP contribution in [0.4, 0.5) is 5.69 Å². The van der Waals surface area contributed by atoms with Crippen LogP contribution < -0.4 is 4.74 Å². The number of non-ortho nitro benzene ring substituents is 1. The summed E-state index contributed by atoms with van der Waals surface area (Å²) in [7, 11) is 0. The van der Waals surface area contributed by atoms with Crippen molar-refractivity contribution in [2.75, 3.05) is 0 Å². The van der Waals surface area contributed by atoms with Crippen LogP contribution in [0.3, 0.4) is 0 Å². The van der Waals surface area contributed by atoms with E-state index in [1.54, 1.807) is 12.1 Å². The highest BCUT2D eigenvalue weighted by Gasteiger charge is 2.05. The number of nitro benzene ring substituents is 1. The molecule has 0 radical (unpaired) electrons. The van der Waals surface area contributed by atoms with E-state index in [4.69, 9.17) is 4.74 Å². The Kier molecular flexibility index (Phi) is 3.29. The number of aldehydes is 1. The molecule has 90 valence electrons. The van der Waals surface area contributed by atoms with Crippen LogP contribution in [0.1, 0.15) is 10.4 Å². The fourth-order valence-corrected chi connectivity index (χ4v) is 1.28. The second-order valence-electron chi connectivity index (χ2n) is 3.40. The number of carbonyl (C=O) groups excluding carboxylic acids is 1. The quantitative estimate of drug-likeness (QED) is 0.469. The van der Waals surface area contributed by atoms with Gasteiger partial charge in [0.25, 0.3) is 5.69 Å². The number of hydrogen-bond acceptors (Lipinski definition) is 5. The molecule has 6 nitrogen and oxygen atoms in total. The molecule has 2 rings (SSSR count). The average Bonchev–Trinajstić information content (AvgIpc) is 2.40. The minimum absolute atomic E-state index is 0.00777. The maximum Gasteiger partial charge on any atom is 0.269 e. The second-order valence-corrected chi connectivity index (χ2v) is 3.40. The highest BCUT2D eigenvalue weighted by atomic mass is 16.6. The predicted molar refractivity (Wildman–Crippen MR) is 62.8 cm³/mol. The van der Waals surface area contributed by atoms with Gasteiger partial charge in [-0.15, -0.1) is 0 Å². The molecule has 0 fully saturated rings. The first-order chi connectivity index (χ1) is 8.69. The van der Waals surface area contributed by atoms with Crippen molar-refractivity contribution in [3.8, 4) is 11.6 Å². The summed E-state index contributed by atoms with van der Waals surface area (Å²) in [4.78, 5) is 24.3. The van der Waals surface area contributed by atoms with Crippen LogP contribution in [0.5, 0.6) is 11.6 Å². The SMILES string of the molecule is O=Cc1ccc(Oc2ccc([N+](=O)[O-])cc2)nc1. The monoisotopic (exact) mass is 244 g/mol. The van der Waals surface area contributed by atoms with Gasteiger partial charge in [0.15, 0.2) is 6.29 Å². The lowest BCUT2D eigenvalue weighted by Crippen LogP contribution is -1.90. The van der Waals surface area contributed by atoms with Crippen molar-refractivity contribution in [3.63, 3.8) is 0 Å². The standard InChI is InChI=1S/C12H8N2O4/c15-8-9-1-6-12(13-7-9)18-11-4-2-10(3-5-11)14(16)17/h1-8H. The Morgan fingerprint density at radius 3 is 2.39 bits per heavy atom. The number of pyridine rings is 1. The maximum atomic E-state index is 10.5. The zero-order chi connectivity index (χ0) is 13.0. The molecule has 0 atom stereocenters. The van der Waals surface area contributed by atoms with Crippen LogP contribution in [-0.4, -0.2) is 16.2 Å². The number of carbonyl (C=O) groups is 1. The minimum atomic E-state index is -0.485. The van der Waals surface area contributed by atoms with Crippen molar-refractivity contribution >= 4 is 12.0 Å². The van der Waals surface area contributed by atoms with Gasteiger partial charge in [0.2, 0.25) is 5.88 Å². The molecule has 0 saturated carbocycles. The van der Waals surface area contributed by atoms with E-state index in [0.29, 0.717) is 23.5 Å². The third kappa shape index (κ3) is 2.67. The smallest absolute Gasteiger partial charge is 0.269 e. The summed E-state index contributed by atoms with van der Waals surface area (Å²) in [5, 5.41) is 10.5. The lowest BCUT2D eigenvalue weighted by Gasteiger charge is -2.03. The Balaban J connectivity index is 2.12. The van der Waals surface area contributed by atoms with Crippen molar-refractivity contribution in [3.05, 3.63) is 58.3 Å². The number of nitrogens with zero attached hydrogens (tertiary/aromatic N) is 2. The van der Waals surface area contributed by atoms with Gasteiger partial charge < -0.3 is 4.74 Å². The Bertz CT molecular complexity index is 564. The van der Waals surface area contributed by atoms with Gasteiger partial charge in [-0.1, -0.05) is 0 Å². The van der Waals surface area contributed by atoms with Crippen molar-refractivity contribution in [2.45, 2.75) is 0 Å². The number of nitro groups is 1. The summed E-state index contributed by atoms with van der Waals surface area (Å²) in [6.07, 6.45) is 2.07. The summed E-state index contributed by atoms with van der Waals surface area (Å²) in [5.74, 6) is 0.751. The highest BCUT2D eigenvalue weighted by molar-refractivity contribution is 5.74. The van der Waals surface area contributed by atoms with Gasteiger partial charge in [0.05, 0.1) is 4.92 Å². The van der Waals surface area contributed by atoms with Gasteiger partial charge in [-0.25, -0.2) is 4.98 Å². The van der Waals surface area contributed by atoms with Crippen molar-refractivity contribution in [1.82, 2.24) is 4.98 Å². The Hall–Kier alpha value is -2.76. The molecule has 0 spiro atoms. The molecule has 2 aromatic rings. The molecule has 6 heteroatoms. The lowest BCUT2D eigenvalue weighted by molar-refractivity contribution is -0.384. The van der Waals surface area contributed by atoms with Gasteiger partial charge in [0.1, 0.15) is 5.75 Å². The topological polar surface area (TPSA) is 82.3 Å². The Morgan fingerprint density at radius 1 is 1.17 bits per heavy atom. The van der Waals surface area contributed by atoms with E-state index < -0.39 is 4.92 Å². The van der Waals surface area contributed by atoms with E-state index in [2.05, 4.69) is 4.98 Å². The van der Waals surface area contributed by atoms with Crippen molar-refractivity contribution < 1.29 is 14.5 Å². The summed E-state index contributed by atoms with van der Waals surface area (Å²) in [5.41, 5.74) is 0.442. The molecule has 0 aliphatic carbocycles. The van der Waals surface area contributed by atoms with Crippen LogP contribution >= 0.6 is 0 Å². The number of rotatable bonds is 4. The molecule has 0 N–H and O–H groups in total. The fourth-order valence-electron chi connectivity index (χ4n) is 1.28. The molecule has 0 saturated heterocycles. The Morgan fingerprint density at radius 2 is 1.89 bits per heavy atom. The second kappa shape index (κ2) is 5.05. The molecule has 1 heterocycles. The molecule has 0 aliphatic rings. The fraction of sp³-hybridized carbons (Fsp3) is 0. The first-order valence-electron chi connectivity index (χ1n) is 5.02. The largest absolute Gasteiger partial charge is 0.439 e. The third-order valence-corrected chi connectivity index (χ3v) is 2.17. The van der Waals surface area contributed by atoms with E-state index in [-0.39, 0.29) is 5.69 Å². The summed E-state index contributed by atoms with van der Waals surface area (Å²) >= 11 is 0. The maximum absolute atomic E-state index is 10.5. The molecular formula is C12H8N2O4. The van der Waals surface area contributed by atoms with E-state index in [0.717, 1.165) is 0 Å². The number of hydrogen-bond donors (Lipinski definition) is 0. The molecule has 1 aromatic heterocycles. The lowest BCUT2D eigenvalue weighted by atomic mass is 10.3. The molecular weight excluding hydrogens is 236 g/mol. The first kappa shape index (κ1) is 11.7. The predicted octanol–water partition coefficient (Wildman–Crippen LogP) is 2.59. The highest BCUT2D eigenvalue weighted by Crippen LogP contribution is 2.22. The number of aromatic nitrogens is 1. The molecule has 18 heavy (non-hydrogen) atoms. The molecule has 0 unspecified atom stereocenters. The average molecular weight is 244 g/mol. The van der Waals surface area contributed by atoms with E-state index in [9.17, 15) is 14.9 Å². The van der Waals surface area contributed by atoms with Gasteiger partial charge in [-0.2, -0.15) is 0 Å². The molecule has 0 aliphatic heterocycles. The summed E-state index contributed by atoms with van der Waals surface area (Å²) in [6, 6.07) is 8.76. The number of ether oxygens (including phenoxy) is 1. The van der Waals surface area contributed by atoms with E-state index >= 15 is 0 Å². The molecule has 0 bridgehead atoms. The van der Waals surface area contributed by atoms with E-state index in [1.807, 2.05) is 0 Å². The minimum Gasteiger partial charge on any atom is -0.439 e. The molecule has 1 aromatic carbocycles. The van der Waals surface area contributed by atoms with Crippen molar-refractivity contribution in [1.29, 1.82) is 0 Å². The zero-order valence-corrected chi connectivity index (χ0v) is 9.15. The van der Waals surface area contributed by atoms with Crippen LogP contribution in [0.25, 0.3) is 0 Å². The normalized spacial score (nSPS) is 9.78. The third-order valence-electron chi connectivity index (χ3n) is 2.17. The van der Waals surface area contributed by atoms with Crippen molar-refractivity contribution in [2.24, 2.45) is 0 Å². The Labute approximate surface area is 102 Å². The van der Waals surface area contributed by atoms with Crippen LogP contribution in [-0.2, 0) is 0 Å². The van der Waals surface area contributed by atoms with E-state index in [1.165, 1.54) is 30.5 Å². The summed E-state index contributed by atoms with van der Waals surface area (Å²) in [6.45, 7) is 0. The van der Waals surface area contributed by atoms with Gasteiger partial charge in [-0.05, 0) is 18.2 Å². The van der Waals surface area contributed by atoms with Crippen LogP contribution in [0, 0.1) is 10.1 Å². The van der Waals surface area contributed by atoms with Gasteiger partial charge >= 0.3 is 0 Å². The van der Waals surface area contributed by atoms with Crippen LogP contribution in [0.15, 0.2) is 42.6 Å². The van der Waals surface area contributed by atoms with Crippen LogP contribution in [0.2, 0.25) is 0 Å². The zero-order valence-electron chi connectivity index (χ0n) is 9.15. The summed E-state index contributed by atoms with van der Waals surface area (Å²) < 4.78 is 5.36. The van der Waals surface area contributed by atoms with Gasteiger partial charge in [-0.3, -0.25) is 14.9 Å². The first-order valence-corrected chi connectivity index (χ1v) is 5.02.